The Labute approximate surface area is 124 Å². The van der Waals surface area contributed by atoms with Gasteiger partial charge in [0, 0.05) is 24.5 Å². The van der Waals surface area contributed by atoms with Gasteiger partial charge >= 0.3 is 0 Å². The first-order chi connectivity index (χ1) is 9.43. The van der Waals surface area contributed by atoms with Crippen molar-refractivity contribution in [1.29, 1.82) is 0 Å². The van der Waals surface area contributed by atoms with Crippen LogP contribution in [-0.4, -0.2) is 17.5 Å². The summed E-state index contributed by atoms with van der Waals surface area (Å²) in [6.45, 7) is 7.43. The summed E-state index contributed by atoms with van der Waals surface area (Å²) >= 11 is 5.78. The number of hydrogen-bond acceptors (Lipinski definition) is 3. The average molecular weight is 297 g/mol. The normalized spacial score (nSPS) is 26.6. The van der Waals surface area contributed by atoms with Crippen molar-refractivity contribution in [1.82, 2.24) is 0 Å². The van der Waals surface area contributed by atoms with Crippen molar-refractivity contribution in [2.75, 3.05) is 11.4 Å². The Kier molecular flexibility index (Phi) is 4.53. The summed E-state index contributed by atoms with van der Waals surface area (Å²) < 4.78 is 0. The summed E-state index contributed by atoms with van der Waals surface area (Å²) in [5, 5.41) is 11.3. The first-order valence-electron chi connectivity index (χ1n) is 7.04. The monoisotopic (exact) mass is 296 g/mol. The van der Waals surface area contributed by atoms with Crippen molar-refractivity contribution in [3.05, 3.63) is 33.9 Å². The second-order valence-electron chi connectivity index (χ2n) is 5.92. The molecule has 110 valence electrons. The molecule has 5 heteroatoms. The minimum absolute atomic E-state index is 0.163. The van der Waals surface area contributed by atoms with Crippen LogP contribution in [0.5, 0.6) is 0 Å². The van der Waals surface area contributed by atoms with E-state index in [9.17, 15) is 10.1 Å². The smallest absolute Gasteiger partial charge is 0.292 e. The van der Waals surface area contributed by atoms with E-state index in [0.29, 0.717) is 23.8 Å². The number of rotatable bonds is 3. The lowest BCUT2D eigenvalue weighted by Gasteiger charge is -2.42. The Morgan fingerprint density at radius 3 is 2.70 bits per heavy atom. The Morgan fingerprint density at radius 1 is 1.40 bits per heavy atom. The van der Waals surface area contributed by atoms with Gasteiger partial charge in [0.1, 0.15) is 5.69 Å². The highest BCUT2D eigenvalue weighted by atomic mass is 35.5. The molecule has 3 unspecified atom stereocenters. The second-order valence-corrected chi connectivity index (χ2v) is 6.19. The van der Waals surface area contributed by atoms with Crippen LogP contribution in [0.4, 0.5) is 11.4 Å². The Morgan fingerprint density at radius 2 is 2.10 bits per heavy atom. The fourth-order valence-electron chi connectivity index (χ4n) is 3.07. The number of nitro benzene ring substituents is 1. The minimum atomic E-state index is -0.304. The third kappa shape index (κ3) is 2.90. The van der Waals surface area contributed by atoms with Gasteiger partial charge in [-0.1, -0.05) is 19.9 Å². The zero-order chi connectivity index (χ0) is 14.9. The van der Waals surface area contributed by atoms with Crippen molar-refractivity contribution >= 4 is 23.0 Å². The lowest BCUT2D eigenvalue weighted by Crippen LogP contribution is -2.46. The van der Waals surface area contributed by atoms with E-state index in [-0.39, 0.29) is 10.6 Å². The van der Waals surface area contributed by atoms with Crippen LogP contribution in [0.15, 0.2) is 18.2 Å². The van der Waals surface area contributed by atoms with Crippen LogP contribution in [0.3, 0.4) is 0 Å². The van der Waals surface area contributed by atoms with Gasteiger partial charge in [-0.15, -0.1) is 11.6 Å². The number of halogens is 1. The molecule has 1 aromatic carbocycles. The van der Waals surface area contributed by atoms with E-state index < -0.39 is 0 Å². The molecule has 1 saturated heterocycles. The maximum absolute atomic E-state index is 11.3. The summed E-state index contributed by atoms with van der Waals surface area (Å²) in [7, 11) is 0. The van der Waals surface area contributed by atoms with Gasteiger partial charge in [0.05, 0.1) is 4.92 Å². The Balaban J connectivity index is 2.42. The summed E-state index contributed by atoms with van der Waals surface area (Å²) in [5.41, 5.74) is 1.67. The fourth-order valence-corrected chi connectivity index (χ4v) is 3.24. The molecule has 0 radical (unpaired) electrons. The van der Waals surface area contributed by atoms with Gasteiger partial charge in [-0.2, -0.15) is 0 Å². The van der Waals surface area contributed by atoms with E-state index in [1.54, 1.807) is 6.07 Å². The highest BCUT2D eigenvalue weighted by Gasteiger charge is 2.32. The van der Waals surface area contributed by atoms with Crippen LogP contribution in [-0.2, 0) is 5.88 Å². The molecule has 0 amide bonds. The molecular formula is C15H21ClN2O2. The molecule has 1 heterocycles. The quantitative estimate of drug-likeness (QED) is 0.477. The zero-order valence-corrected chi connectivity index (χ0v) is 12.9. The summed E-state index contributed by atoms with van der Waals surface area (Å²) in [5.74, 6) is 1.38. The van der Waals surface area contributed by atoms with Gasteiger partial charge in [-0.25, -0.2) is 0 Å². The van der Waals surface area contributed by atoms with Gasteiger partial charge in [-0.3, -0.25) is 10.1 Å². The topological polar surface area (TPSA) is 46.4 Å². The summed E-state index contributed by atoms with van der Waals surface area (Å²) in [6, 6.07) is 5.63. The second kappa shape index (κ2) is 6.00. The molecule has 20 heavy (non-hydrogen) atoms. The van der Waals surface area contributed by atoms with E-state index in [0.717, 1.165) is 17.8 Å². The number of nitro groups is 1. The van der Waals surface area contributed by atoms with Crippen molar-refractivity contribution in [2.24, 2.45) is 11.8 Å². The molecule has 1 aliphatic rings. The minimum Gasteiger partial charge on any atom is -0.363 e. The predicted octanol–water partition coefficient (Wildman–Crippen LogP) is 4.20. The lowest BCUT2D eigenvalue weighted by molar-refractivity contribution is -0.384. The van der Waals surface area contributed by atoms with Gasteiger partial charge in [0.15, 0.2) is 0 Å². The predicted molar refractivity (Wildman–Crippen MR) is 82.4 cm³/mol. The molecular weight excluding hydrogens is 276 g/mol. The summed E-state index contributed by atoms with van der Waals surface area (Å²) in [4.78, 5) is 13.2. The molecule has 0 bridgehead atoms. The standard InChI is InChI=1S/C15H21ClN2O2/c1-10-6-11(2)12(3)17(9-10)14-5-4-13(8-16)7-15(14)18(19)20/h4-5,7,10-12H,6,8-9H2,1-3H3. The number of anilines is 1. The highest BCUT2D eigenvalue weighted by Crippen LogP contribution is 2.37. The molecule has 3 atom stereocenters. The van der Waals surface area contributed by atoms with E-state index in [4.69, 9.17) is 11.6 Å². The maximum Gasteiger partial charge on any atom is 0.292 e. The van der Waals surface area contributed by atoms with Crippen LogP contribution in [0, 0.1) is 22.0 Å². The van der Waals surface area contributed by atoms with E-state index in [1.165, 1.54) is 6.42 Å². The van der Waals surface area contributed by atoms with Crippen molar-refractivity contribution in [3.8, 4) is 0 Å². The molecule has 1 fully saturated rings. The molecule has 1 aliphatic heterocycles. The van der Waals surface area contributed by atoms with Crippen LogP contribution in [0.1, 0.15) is 32.8 Å². The van der Waals surface area contributed by atoms with Crippen LogP contribution in [0.2, 0.25) is 0 Å². The van der Waals surface area contributed by atoms with E-state index in [2.05, 4.69) is 25.7 Å². The number of nitrogens with zero attached hydrogens (tertiary/aromatic N) is 2. The molecule has 4 nitrogen and oxygen atoms in total. The van der Waals surface area contributed by atoms with Crippen molar-refractivity contribution in [2.45, 2.75) is 39.1 Å². The van der Waals surface area contributed by atoms with Crippen molar-refractivity contribution < 1.29 is 4.92 Å². The third-order valence-corrected chi connectivity index (χ3v) is 4.61. The molecule has 0 saturated carbocycles. The van der Waals surface area contributed by atoms with Crippen LogP contribution < -0.4 is 4.90 Å². The lowest BCUT2D eigenvalue weighted by atomic mass is 9.85. The summed E-state index contributed by atoms with van der Waals surface area (Å²) in [6.07, 6.45) is 1.17. The van der Waals surface area contributed by atoms with Crippen molar-refractivity contribution in [3.63, 3.8) is 0 Å². The van der Waals surface area contributed by atoms with Gasteiger partial charge < -0.3 is 4.90 Å². The molecule has 0 spiro atoms. The van der Waals surface area contributed by atoms with Gasteiger partial charge in [0.25, 0.3) is 5.69 Å². The average Bonchev–Trinajstić information content (AvgIpc) is 2.42. The number of hydrogen-bond donors (Lipinski definition) is 0. The van der Waals surface area contributed by atoms with E-state index in [1.807, 2.05) is 12.1 Å². The molecule has 0 N–H and O–H groups in total. The molecule has 0 aliphatic carbocycles. The van der Waals surface area contributed by atoms with E-state index >= 15 is 0 Å². The van der Waals surface area contributed by atoms with Crippen LogP contribution in [0.25, 0.3) is 0 Å². The number of piperidine rings is 1. The largest absolute Gasteiger partial charge is 0.363 e. The van der Waals surface area contributed by atoms with Gasteiger partial charge in [-0.05, 0) is 36.8 Å². The third-order valence-electron chi connectivity index (χ3n) is 4.30. The Hall–Kier alpha value is -1.29. The molecule has 1 aromatic rings. The zero-order valence-electron chi connectivity index (χ0n) is 12.2. The fraction of sp³-hybridized carbons (Fsp3) is 0.600. The first-order valence-corrected chi connectivity index (χ1v) is 7.57. The molecule has 0 aromatic heterocycles. The number of alkyl halides is 1. The van der Waals surface area contributed by atoms with Gasteiger partial charge in [0.2, 0.25) is 0 Å². The van der Waals surface area contributed by atoms with Crippen LogP contribution >= 0.6 is 11.6 Å². The number of benzene rings is 1. The maximum atomic E-state index is 11.3. The molecule has 2 rings (SSSR count). The SMILES string of the molecule is CC1CC(C)C(C)N(c2ccc(CCl)cc2[N+](=O)[O-])C1. The highest BCUT2D eigenvalue weighted by molar-refractivity contribution is 6.17. The Bertz CT molecular complexity index is 507. The first kappa shape index (κ1) is 15.1.